The first kappa shape index (κ1) is 22.2. The molecule has 0 bridgehead atoms. The van der Waals surface area contributed by atoms with E-state index in [1.807, 2.05) is 0 Å². The van der Waals surface area contributed by atoms with Crippen molar-refractivity contribution < 1.29 is 17.6 Å². The number of nitrogens with one attached hydrogen (secondary N) is 1. The minimum atomic E-state index is -3.57. The maximum Gasteiger partial charge on any atom is 0.303 e. The zero-order valence-electron chi connectivity index (χ0n) is 16.1. The molecule has 0 aromatic heterocycles. The highest BCUT2D eigenvalue weighted by atomic mass is 32.2. The van der Waals surface area contributed by atoms with E-state index in [4.69, 9.17) is 0 Å². The van der Waals surface area contributed by atoms with Gasteiger partial charge < -0.3 is 5.32 Å². The second-order valence-electron chi connectivity index (χ2n) is 6.20. The van der Waals surface area contributed by atoms with E-state index in [9.17, 15) is 17.6 Å². The molecule has 0 heterocycles. The summed E-state index contributed by atoms with van der Waals surface area (Å²) < 4.78 is 40.0. The number of benzene rings is 2. The van der Waals surface area contributed by atoms with Crippen LogP contribution in [0, 0.1) is 5.82 Å². The molecular formula is C19H24FN3O3S2. The number of carbonyl (C=O) groups is 1. The van der Waals surface area contributed by atoms with E-state index in [0.29, 0.717) is 34.9 Å². The molecule has 0 fully saturated rings. The molecule has 0 saturated carbocycles. The maximum atomic E-state index is 13.5. The van der Waals surface area contributed by atoms with Crippen LogP contribution in [0.2, 0.25) is 0 Å². The molecule has 0 saturated heterocycles. The number of rotatable bonds is 9. The molecular weight excluding hydrogens is 401 g/mol. The van der Waals surface area contributed by atoms with Gasteiger partial charge in [-0.1, -0.05) is 18.2 Å². The van der Waals surface area contributed by atoms with E-state index in [0.717, 1.165) is 8.61 Å². The van der Waals surface area contributed by atoms with Gasteiger partial charge in [-0.15, -0.1) is 0 Å². The third kappa shape index (κ3) is 5.70. The van der Waals surface area contributed by atoms with Crippen molar-refractivity contribution in [3.05, 3.63) is 65.5 Å². The number of hydrogen-bond acceptors (Lipinski definition) is 4. The van der Waals surface area contributed by atoms with Crippen molar-refractivity contribution in [2.75, 3.05) is 37.7 Å². The molecule has 9 heteroatoms. The molecule has 0 unspecified atom stereocenters. The molecule has 0 aliphatic rings. The van der Waals surface area contributed by atoms with Crippen LogP contribution in [-0.2, 0) is 16.0 Å². The van der Waals surface area contributed by atoms with Crippen LogP contribution in [0.1, 0.15) is 15.9 Å². The average Bonchev–Trinajstić information content (AvgIpc) is 2.68. The summed E-state index contributed by atoms with van der Waals surface area (Å²) in [4.78, 5) is 12.2. The molecule has 0 aliphatic heterocycles. The molecule has 1 amide bonds. The van der Waals surface area contributed by atoms with Gasteiger partial charge in [0.1, 0.15) is 5.82 Å². The topological polar surface area (TPSA) is 69.7 Å². The van der Waals surface area contributed by atoms with Crippen LogP contribution in [0.25, 0.3) is 0 Å². The Morgan fingerprint density at radius 1 is 1.07 bits per heavy atom. The monoisotopic (exact) mass is 425 g/mol. The van der Waals surface area contributed by atoms with Crippen molar-refractivity contribution in [2.45, 2.75) is 5.75 Å². The fourth-order valence-electron chi connectivity index (χ4n) is 2.34. The van der Waals surface area contributed by atoms with Crippen molar-refractivity contribution in [1.82, 2.24) is 9.62 Å². The largest absolute Gasteiger partial charge is 0.351 e. The summed E-state index contributed by atoms with van der Waals surface area (Å²) in [5, 5.41) is 2.80. The molecule has 152 valence electrons. The maximum absolute atomic E-state index is 13.5. The normalized spacial score (nSPS) is 11.5. The molecule has 28 heavy (non-hydrogen) atoms. The third-order valence-electron chi connectivity index (χ3n) is 4.05. The van der Waals surface area contributed by atoms with E-state index >= 15 is 0 Å². The Morgan fingerprint density at radius 3 is 2.32 bits per heavy atom. The van der Waals surface area contributed by atoms with Crippen molar-refractivity contribution in [2.24, 2.45) is 0 Å². The van der Waals surface area contributed by atoms with Gasteiger partial charge in [0.25, 0.3) is 5.91 Å². The minimum absolute atomic E-state index is 0.222. The Kier molecular flexibility index (Phi) is 7.85. The highest BCUT2D eigenvalue weighted by molar-refractivity contribution is 7.98. The smallest absolute Gasteiger partial charge is 0.303 e. The summed E-state index contributed by atoms with van der Waals surface area (Å²) in [6.07, 6.45) is 0. The van der Waals surface area contributed by atoms with E-state index in [2.05, 4.69) is 5.32 Å². The van der Waals surface area contributed by atoms with Gasteiger partial charge >= 0.3 is 10.2 Å². The lowest BCUT2D eigenvalue weighted by Crippen LogP contribution is -2.37. The number of thioether (sulfide) groups is 1. The zero-order valence-corrected chi connectivity index (χ0v) is 17.7. The lowest BCUT2D eigenvalue weighted by molar-refractivity contribution is 0.0956. The first-order valence-corrected chi connectivity index (χ1v) is 11.1. The van der Waals surface area contributed by atoms with Crippen molar-refractivity contribution in [3.63, 3.8) is 0 Å². The molecule has 2 rings (SSSR count). The fraction of sp³-hybridized carbons (Fsp3) is 0.316. The lowest BCUT2D eigenvalue weighted by atomic mass is 10.2. The van der Waals surface area contributed by atoms with Gasteiger partial charge in [0.05, 0.1) is 5.69 Å². The van der Waals surface area contributed by atoms with E-state index < -0.39 is 10.2 Å². The quantitative estimate of drug-likeness (QED) is 0.627. The van der Waals surface area contributed by atoms with Gasteiger partial charge in [0.2, 0.25) is 0 Å². The Hall–Kier alpha value is -2.10. The average molecular weight is 426 g/mol. The van der Waals surface area contributed by atoms with Crippen molar-refractivity contribution >= 4 is 33.6 Å². The Morgan fingerprint density at radius 2 is 1.71 bits per heavy atom. The van der Waals surface area contributed by atoms with Gasteiger partial charge in [-0.2, -0.15) is 24.5 Å². The summed E-state index contributed by atoms with van der Waals surface area (Å²) in [7, 11) is 0.795. The molecule has 0 radical (unpaired) electrons. The molecule has 6 nitrogen and oxygen atoms in total. The molecule has 2 aromatic rings. The van der Waals surface area contributed by atoms with Crippen LogP contribution in [0.4, 0.5) is 10.1 Å². The molecule has 2 aromatic carbocycles. The van der Waals surface area contributed by atoms with Crippen LogP contribution in [0.3, 0.4) is 0 Å². The minimum Gasteiger partial charge on any atom is -0.351 e. The van der Waals surface area contributed by atoms with Gasteiger partial charge in [0.15, 0.2) is 0 Å². The molecule has 1 N–H and O–H groups in total. The van der Waals surface area contributed by atoms with Crippen LogP contribution in [0.15, 0.2) is 48.5 Å². The van der Waals surface area contributed by atoms with E-state index in [-0.39, 0.29) is 11.7 Å². The summed E-state index contributed by atoms with van der Waals surface area (Å²) in [6.45, 7) is 0.453. The van der Waals surface area contributed by atoms with Crippen molar-refractivity contribution in [1.29, 1.82) is 0 Å². The van der Waals surface area contributed by atoms with Crippen LogP contribution in [-0.4, -0.2) is 52.1 Å². The zero-order chi connectivity index (χ0) is 20.7. The highest BCUT2D eigenvalue weighted by Crippen LogP contribution is 2.18. The first-order chi connectivity index (χ1) is 13.2. The van der Waals surface area contributed by atoms with Gasteiger partial charge in [-0.05, 0) is 35.9 Å². The second kappa shape index (κ2) is 9.90. The third-order valence-corrected chi connectivity index (χ3v) is 6.88. The van der Waals surface area contributed by atoms with Crippen molar-refractivity contribution in [3.8, 4) is 0 Å². The Labute approximate surface area is 169 Å². The molecule has 0 atom stereocenters. The van der Waals surface area contributed by atoms with Crippen LogP contribution < -0.4 is 9.62 Å². The second-order valence-corrected chi connectivity index (χ2v) is 9.48. The summed E-state index contributed by atoms with van der Waals surface area (Å²) in [5.74, 6) is 0.739. The number of carbonyl (C=O) groups excluding carboxylic acids is 1. The number of halogens is 1. The van der Waals surface area contributed by atoms with Gasteiger partial charge in [-0.25, -0.2) is 4.39 Å². The lowest BCUT2D eigenvalue weighted by Gasteiger charge is -2.23. The van der Waals surface area contributed by atoms with Crippen LogP contribution >= 0.6 is 11.8 Å². The van der Waals surface area contributed by atoms with Gasteiger partial charge in [0, 0.05) is 44.8 Å². The predicted molar refractivity (Wildman–Crippen MR) is 112 cm³/mol. The number of amides is 1. The fourth-order valence-corrected chi connectivity index (χ4v) is 4.06. The van der Waals surface area contributed by atoms with Crippen LogP contribution in [0.5, 0.6) is 0 Å². The Bertz CT molecular complexity index is 903. The van der Waals surface area contributed by atoms with E-state index in [1.165, 1.54) is 39.0 Å². The highest BCUT2D eigenvalue weighted by Gasteiger charge is 2.21. The number of anilines is 1. The Balaban J connectivity index is 1.82. The van der Waals surface area contributed by atoms with E-state index in [1.54, 1.807) is 42.5 Å². The number of nitrogens with zero attached hydrogens (tertiary/aromatic N) is 2. The standard InChI is InChI=1S/C19H24FN3O3S2/c1-22(2)28(25,26)23(3)17-10-8-15(9-11-17)19(24)21-12-13-27-14-16-6-4-5-7-18(16)20/h4-11H,12-14H2,1-3H3,(H,21,24). The summed E-state index contributed by atoms with van der Waals surface area (Å²) >= 11 is 1.54. The first-order valence-electron chi connectivity index (χ1n) is 8.59. The predicted octanol–water partition coefficient (Wildman–Crippen LogP) is 2.73. The molecule has 0 aliphatic carbocycles. The number of hydrogen-bond donors (Lipinski definition) is 1. The summed E-state index contributed by atoms with van der Waals surface area (Å²) in [5.41, 5.74) is 1.55. The van der Waals surface area contributed by atoms with Gasteiger partial charge in [-0.3, -0.25) is 9.10 Å². The molecule has 0 spiro atoms. The summed E-state index contributed by atoms with van der Waals surface area (Å²) in [6, 6.07) is 13.0. The SMILES string of the molecule is CN(C)S(=O)(=O)N(C)c1ccc(C(=O)NCCSCc2ccccc2F)cc1.